The lowest BCUT2D eigenvalue weighted by molar-refractivity contribution is 0.0763. The Morgan fingerprint density at radius 1 is 1.18 bits per heavy atom. The molecule has 9 nitrogen and oxygen atoms in total. The fourth-order valence-electron chi connectivity index (χ4n) is 2.89. The number of carbonyl (C=O) groups excluding carboxylic acids is 1. The summed E-state index contributed by atoms with van der Waals surface area (Å²) in [6.07, 6.45) is 1.67. The van der Waals surface area contributed by atoms with E-state index in [4.69, 9.17) is 4.74 Å². The van der Waals surface area contributed by atoms with Gasteiger partial charge in [-0.1, -0.05) is 17.2 Å². The molecule has 4 heterocycles. The zero-order valence-corrected chi connectivity index (χ0v) is 16.0. The second-order valence-corrected chi connectivity index (χ2v) is 7.81. The van der Waals surface area contributed by atoms with Crippen molar-refractivity contribution in [3.8, 4) is 23.1 Å². The van der Waals surface area contributed by atoms with Gasteiger partial charge in [-0.05, 0) is 24.3 Å². The van der Waals surface area contributed by atoms with Crippen molar-refractivity contribution in [3.05, 3.63) is 48.3 Å². The summed E-state index contributed by atoms with van der Waals surface area (Å²) in [6.45, 7) is 0.916. The van der Waals surface area contributed by atoms with Gasteiger partial charge in [0.05, 0.1) is 31.6 Å². The summed E-state index contributed by atoms with van der Waals surface area (Å²) in [6, 6.07) is 10.6. The van der Waals surface area contributed by atoms with Gasteiger partial charge in [-0.2, -0.15) is 5.10 Å². The molecule has 0 radical (unpaired) electrons. The number of methoxy groups -OCH3 is 1. The zero-order chi connectivity index (χ0) is 19.5. The van der Waals surface area contributed by atoms with Crippen LogP contribution in [0, 0.1) is 0 Å². The predicted molar refractivity (Wildman–Crippen MR) is 103 cm³/mol. The second-order valence-electron chi connectivity index (χ2n) is 6.12. The fourth-order valence-corrected chi connectivity index (χ4v) is 3.95. The maximum Gasteiger partial charge on any atom is 0.274 e. The first-order chi connectivity index (χ1) is 13.7. The number of amides is 1. The topological polar surface area (TPSA) is 109 Å². The summed E-state index contributed by atoms with van der Waals surface area (Å²) in [4.78, 5) is 19.0. The van der Waals surface area contributed by atoms with Gasteiger partial charge in [0.2, 0.25) is 5.88 Å². The molecule has 0 bridgehead atoms. The molecule has 0 aliphatic carbocycles. The van der Waals surface area contributed by atoms with Crippen LogP contribution in [0.1, 0.15) is 10.5 Å². The minimum absolute atomic E-state index is 0.200. The lowest BCUT2D eigenvalue weighted by atomic mass is 10.2. The normalized spacial score (nSPS) is 14.9. The number of pyridine rings is 1. The van der Waals surface area contributed by atoms with Crippen molar-refractivity contribution >= 4 is 17.1 Å². The van der Waals surface area contributed by atoms with E-state index in [9.17, 15) is 9.35 Å². The Morgan fingerprint density at radius 2 is 2.00 bits per heavy atom. The first-order valence-corrected chi connectivity index (χ1v) is 10.2. The molecule has 3 aromatic rings. The van der Waals surface area contributed by atoms with Crippen LogP contribution in [-0.4, -0.2) is 72.0 Å². The molecule has 4 rings (SSSR count). The van der Waals surface area contributed by atoms with Gasteiger partial charge >= 0.3 is 0 Å². The molecule has 3 aromatic heterocycles. The first-order valence-electron chi connectivity index (χ1n) is 8.69. The predicted octanol–water partition coefficient (Wildman–Crippen LogP) is 0.937. The summed E-state index contributed by atoms with van der Waals surface area (Å²) in [5.74, 6) is 1.61. The SMILES string of the molecule is COc1ccc(-n2nc(C(=O)N3CC[S+]([O-])CC3)cc2-c2ccccn2)nn1. The molecule has 1 saturated heterocycles. The van der Waals surface area contributed by atoms with E-state index >= 15 is 0 Å². The van der Waals surface area contributed by atoms with E-state index in [1.165, 1.54) is 7.11 Å². The quantitative estimate of drug-likeness (QED) is 0.602. The second kappa shape index (κ2) is 7.95. The molecule has 10 heteroatoms. The van der Waals surface area contributed by atoms with E-state index in [2.05, 4.69) is 20.3 Å². The van der Waals surface area contributed by atoms with E-state index in [-0.39, 0.29) is 11.6 Å². The van der Waals surface area contributed by atoms with E-state index in [0.717, 1.165) is 0 Å². The Labute approximate surface area is 164 Å². The van der Waals surface area contributed by atoms with Gasteiger partial charge in [-0.3, -0.25) is 9.78 Å². The largest absolute Gasteiger partial charge is 0.616 e. The molecule has 28 heavy (non-hydrogen) atoms. The molecular formula is C18H18N6O3S. The third kappa shape index (κ3) is 3.69. The smallest absolute Gasteiger partial charge is 0.274 e. The molecule has 1 fully saturated rings. The highest BCUT2D eigenvalue weighted by Crippen LogP contribution is 2.23. The van der Waals surface area contributed by atoms with E-state index in [1.54, 1.807) is 34.0 Å². The molecule has 1 aliphatic rings. The van der Waals surface area contributed by atoms with Crippen LogP contribution in [0.2, 0.25) is 0 Å². The third-order valence-electron chi connectivity index (χ3n) is 4.37. The first kappa shape index (κ1) is 18.4. The molecule has 1 aliphatic heterocycles. The lowest BCUT2D eigenvalue weighted by Gasteiger charge is -2.27. The molecule has 0 unspecified atom stereocenters. The third-order valence-corrected chi connectivity index (χ3v) is 5.65. The average molecular weight is 398 g/mol. The Balaban J connectivity index is 1.72. The highest BCUT2D eigenvalue weighted by atomic mass is 32.2. The van der Waals surface area contributed by atoms with Gasteiger partial charge in [0.15, 0.2) is 11.5 Å². The highest BCUT2D eigenvalue weighted by Gasteiger charge is 2.27. The van der Waals surface area contributed by atoms with Crippen molar-refractivity contribution in [1.29, 1.82) is 0 Å². The van der Waals surface area contributed by atoms with Crippen LogP contribution in [0.5, 0.6) is 5.88 Å². The number of aromatic nitrogens is 5. The molecular weight excluding hydrogens is 380 g/mol. The Kier molecular flexibility index (Phi) is 5.22. The van der Waals surface area contributed by atoms with Gasteiger partial charge in [0.25, 0.3) is 5.91 Å². The van der Waals surface area contributed by atoms with Crippen molar-refractivity contribution in [2.24, 2.45) is 0 Å². The Morgan fingerprint density at radius 3 is 2.64 bits per heavy atom. The molecule has 144 valence electrons. The van der Waals surface area contributed by atoms with Crippen molar-refractivity contribution in [1.82, 2.24) is 29.9 Å². The van der Waals surface area contributed by atoms with Crippen molar-refractivity contribution in [2.45, 2.75) is 0 Å². The maximum absolute atomic E-state index is 12.9. The van der Waals surface area contributed by atoms with Crippen LogP contribution < -0.4 is 4.74 Å². The minimum Gasteiger partial charge on any atom is -0.616 e. The fraction of sp³-hybridized carbons (Fsp3) is 0.278. The standard InChI is InChI=1S/C18H18N6O3S/c1-27-17-6-5-16(20-21-17)24-15(13-4-2-3-7-19-13)12-14(22-24)18(25)23-8-10-28(26)11-9-23/h2-7,12H,8-11H2,1H3. The number of carbonyl (C=O) groups is 1. The van der Waals surface area contributed by atoms with Crippen molar-refractivity contribution < 1.29 is 14.1 Å². The molecule has 0 saturated carbocycles. The van der Waals surface area contributed by atoms with Crippen LogP contribution in [0.25, 0.3) is 17.2 Å². The molecule has 0 atom stereocenters. The average Bonchev–Trinajstić information content (AvgIpc) is 3.20. The Bertz CT molecular complexity index is 955. The molecule has 0 spiro atoms. The van der Waals surface area contributed by atoms with Gasteiger partial charge in [-0.15, -0.1) is 10.2 Å². The van der Waals surface area contributed by atoms with Crippen molar-refractivity contribution in [2.75, 3.05) is 31.7 Å². The van der Waals surface area contributed by atoms with E-state index < -0.39 is 11.2 Å². The number of hydrogen-bond acceptors (Lipinski definition) is 7. The Hall–Kier alpha value is -2.98. The van der Waals surface area contributed by atoms with Crippen LogP contribution in [0.4, 0.5) is 0 Å². The summed E-state index contributed by atoms with van der Waals surface area (Å²) in [7, 11) is 1.51. The minimum atomic E-state index is -0.855. The number of hydrogen-bond donors (Lipinski definition) is 0. The van der Waals surface area contributed by atoms with E-state index in [0.29, 0.717) is 47.7 Å². The van der Waals surface area contributed by atoms with Crippen LogP contribution in [0.15, 0.2) is 42.6 Å². The summed E-state index contributed by atoms with van der Waals surface area (Å²) in [5, 5.41) is 12.6. The van der Waals surface area contributed by atoms with Crippen LogP contribution in [0.3, 0.4) is 0 Å². The van der Waals surface area contributed by atoms with Gasteiger partial charge < -0.3 is 14.2 Å². The highest BCUT2D eigenvalue weighted by molar-refractivity contribution is 7.91. The summed E-state index contributed by atoms with van der Waals surface area (Å²) >= 11 is -0.855. The van der Waals surface area contributed by atoms with Gasteiger partial charge in [0.1, 0.15) is 11.5 Å². The van der Waals surface area contributed by atoms with Gasteiger partial charge in [0, 0.05) is 12.3 Å². The van der Waals surface area contributed by atoms with E-state index in [1.807, 2.05) is 18.2 Å². The number of ether oxygens (including phenoxy) is 1. The molecule has 1 amide bonds. The zero-order valence-electron chi connectivity index (χ0n) is 15.2. The van der Waals surface area contributed by atoms with Crippen LogP contribution >= 0.6 is 0 Å². The lowest BCUT2D eigenvalue weighted by Crippen LogP contribution is -2.43. The number of nitrogens with zero attached hydrogens (tertiary/aromatic N) is 6. The monoisotopic (exact) mass is 398 g/mol. The maximum atomic E-state index is 12.9. The van der Waals surface area contributed by atoms with Gasteiger partial charge in [-0.25, -0.2) is 4.68 Å². The molecule has 0 N–H and O–H groups in total. The van der Waals surface area contributed by atoms with Crippen LogP contribution in [-0.2, 0) is 11.2 Å². The summed E-state index contributed by atoms with van der Waals surface area (Å²) in [5.41, 5.74) is 1.57. The summed E-state index contributed by atoms with van der Waals surface area (Å²) < 4.78 is 18.2. The number of rotatable bonds is 4. The molecule has 0 aromatic carbocycles. The van der Waals surface area contributed by atoms with Crippen molar-refractivity contribution in [3.63, 3.8) is 0 Å².